The predicted molar refractivity (Wildman–Crippen MR) is 508 cm³/mol. The quantitative estimate of drug-likeness (QED) is 0.0647. The van der Waals surface area contributed by atoms with Crippen LogP contribution in [0.25, 0.3) is 54.5 Å². The van der Waals surface area contributed by atoms with Gasteiger partial charge in [0, 0.05) is 268 Å². The second-order valence-electron chi connectivity index (χ2n) is 37.3. The number of hydrogen-bond donors (Lipinski definition) is 5. The summed E-state index contributed by atoms with van der Waals surface area (Å²) in [5, 5.41) is 63.9. The van der Waals surface area contributed by atoms with Crippen LogP contribution in [-0.2, 0) is 132 Å². The molecule has 129 heavy (non-hydrogen) atoms. The Kier molecular flexibility index (Phi) is 26.6. The number of benzene rings is 5. The SMILES string of the molecule is CN1CCc2c(c3cc(Cl)ccc3n2CC(C)(O)c2ccc(C(F)(F)F)nc2)C1.CN1CCc2c(c3cc(Cl)ccc3n2CC(C)(O)c2cccnc2)C1.CN1CCc2c(c3cc(Cl)ccc3n2CC(C)(O)c2ccncc2)C1.Cc1ccc2c(c1)c1c(n2CC(C)(O)c2cccnc2)CCN(C)C1.Cc1ccc2c(c1)c1c(n2CC(C)(O)c2ccncc2)CCN(C)C1. The number of alkyl halides is 3. The number of halogens is 6. The van der Waals surface area contributed by atoms with E-state index in [1.54, 1.807) is 56.5 Å². The molecule has 0 saturated carbocycles. The summed E-state index contributed by atoms with van der Waals surface area (Å²) in [5.41, 5.74) is 18.9. The van der Waals surface area contributed by atoms with Crippen molar-refractivity contribution in [2.75, 3.05) is 68.0 Å². The van der Waals surface area contributed by atoms with Gasteiger partial charge < -0.3 is 72.9 Å². The topological polar surface area (TPSA) is 206 Å². The van der Waals surface area contributed by atoms with Gasteiger partial charge in [0.15, 0.2) is 0 Å². The van der Waals surface area contributed by atoms with Crippen molar-refractivity contribution in [3.8, 4) is 0 Å². The predicted octanol–water partition coefficient (Wildman–Crippen LogP) is 18.3. The highest BCUT2D eigenvalue weighted by molar-refractivity contribution is 6.32. The smallest absolute Gasteiger partial charge is 0.384 e. The van der Waals surface area contributed by atoms with E-state index in [0.29, 0.717) is 36.8 Å². The Balaban J connectivity index is 0.000000118. The summed E-state index contributed by atoms with van der Waals surface area (Å²) in [6.07, 6.45) is 15.3. The minimum absolute atomic E-state index is 0.206. The molecule has 0 radical (unpaired) electrons. The summed E-state index contributed by atoms with van der Waals surface area (Å²) in [6, 6.07) is 48.4. The highest BCUT2D eigenvalue weighted by Crippen LogP contribution is 2.43. The Hall–Kier alpha value is -10.2. The molecular formula is C103H115Cl3F3N15O5. The fraction of sp³-hybridized carbons (Fsp3) is 0.369. The summed E-state index contributed by atoms with van der Waals surface area (Å²) in [6.45, 7) is 25.3. The Bertz CT molecular complexity index is 5930. The zero-order chi connectivity index (χ0) is 91.4. The van der Waals surface area contributed by atoms with Crippen molar-refractivity contribution in [2.45, 2.75) is 180 Å². The van der Waals surface area contributed by atoms with E-state index in [2.05, 4.69) is 170 Å². The molecule has 674 valence electrons. The van der Waals surface area contributed by atoms with Crippen molar-refractivity contribution in [1.82, 2.24) is 72.3 Å². The van der Waals surface area contributed by atoms with Crippen LogP contribution in [0.2, 0.25) is 15.1 Å². The minimum Gasteiger partial charge on any atom is -0.384 e. The van der Waals surface area contributed by atoms with Gasteiger partial charge in [0.1, 0.15) is 33.7 Å². The number of likely N-dealkylation sites (N-methyl/N-ethyl adjacent to an activating group) is 5. The van der Waals surface area contributed by atoms with Gasteiger partial charge in [-0.25, -0.2) is 0 Å². The van der Waals surface area contributed by atoms with E-state index in [-0.39, 0.29) is 6.54 Å². The lowest BCUT2D eigenvalue weighted by atomic mass is 9.96. The third kappa shape index (κ3) is 19.8. The van der Waals surface area contributed by atoms with Gasteiger partial charge in [0.25, 0.3) is 0 Å². The maximum Gasteiger partial charge on any atom is 0.433 e. The van der Waals surface area contributed by atoms with Crippen molar-refractivity contribution in [1.29, 1.82) is 0 Å². The molecule has 5 aromatic carbocycles. The van der Waals surface area contributed by atoms with Gasteiger partial charge >= 0.3 is 6.18 Å². The monoisotopic (exact) mass is 1800 g/mol. The van der Waals surface area contributed by atoms with Crippen LogP contribution < -0.4 is 0 Å². The molecule has 0 amide bonds. The number of hydrogen-bond acceptors (Lipinski definition) is 15. The van der Waals surface area contributed by atoms with Gasteiger partial charge in [-0.15, -0.1) is 0 Å². The number of aromatic nitrogens is 10. The van der Waals surface area contributed by atoms with Crippen molar-refractivity contribution in [3.63, 3.8) is 0 Å². The molecule has 5 aliphatic heterocycles. The fourth-order valence-corrected chi connectivity index (χ4v) is 20.1. The van der Waals surface area contributed by atoms with Gasteiger partial charge in [-0.1, -0.05) is 76.3 Å². The summed E-state index contributed by atoms with van der Waals surface area (Å²) >= 11 is 18.7. The second kappa shape index (κ2) is 37.2. The Morgan fingerprint density at radius 1 is 0.310 bits per heavy atom. The second-order valence-corrected chi connectivity index (χ2v) is 38.6. The Morgan fingerprint density at radius 2 is 0.574 bits per heavy atom. The first-order chi connectivity index (χ1) is 61.4. The standard InChI is InChI=1S/C21H21ClF3N3O.2C21H25N3O.2C20H22ClN3O/c1-20(29,13-3-6-19(26-10-13)21(23,24)25)12-28-17-5-4-14(22)9-15(17)16-11-27(2)8-7-18(16)28;1-15-4-5-19-17(12-15)18-13-23(3)11-8-20(18)24(19)14-21(2,25)16-6-9-22-10-7-16;1-15-6-7-19-17(11-15)18-13-23(3)10-8-20(18)24(19)14-21(2,25)16-5-4-9-22-12-16;1-20(25,14-5-8-22-9-6-14)13-24-18-4-3-15(21)11-16(18)17-12-23(2)10-7-19(17)24;1-20(25,14-4-3-8-22-11-14)13-24-18-6-5-15(21)10-16(18)17-12-23(2)9-7-19(17)24/h3-6,9-10,29H,7-8,11-12H2,1-2H3;4-7,9-10,12,25H,8,11,13-14H2,1-3H3;4-7,9,11-12,25H,8,10,13-14H2,1-3H3;3-6,8-9,11,25H,7,10,12-13H2,1-2H3;3-6,8,10-11,25H,7,9,12-13H2,1-2H3. The summed E-state index contributed by atoms with van der Waals surface area (Å²) < 4.78 is 49.7. The normalized spacial score (nSPS) is 17.4. The number of fused-ring (bicyclic) bond motifs is 15. The van der Waals surface area contributed by atoms with Crippen LogP contribution in [0.3, 0.4) is 0 Å². The average Bonchev–Trinajstić information content (AvgIpc) is 1.62. The molecule has 5 unspecified atom stereocenters. The van der Waals surface area contributed by atoms with E-state index in [0.717, 1.165) is 170 Å². The van der Waals surface area contributed by atoms with E-state index >= 15 is 0 Å². The first-order valence-electron chi connectivity index (χ1n) is 44.2. The minimum atomic E-state index is -4.51. The van der Waals surface area contributed by atoms with Crippen LogP contribution in [0.4, 0.5) is 13.2 Å². The molecule has 10 aromatic heterocycles. The fourth-order valence-electron chi connectivity index (χ4n) is 19.6. The zero-order valence-corrected chi connectivity index (χ0v) is 77.8. The van der Waals surface area contributed by atoms with Gasteiger partial charge in [-0.3, -0.25) is 24.9 Å². The molecule has 26 heteroatoms. The summed E-state index contributed by atoms with van der Waals surface area (Å²) in [7, 11) is 10.7. The van der Waals surface area contributed by atoms with E-state index in [4.69, 9.17) is 34.8 Å². The van der Waals surface area contributed by atoms with Gasteiger partial charge in [0.2, 0.25) is 0 Å². The van der Waals surface area contributed by atoms with Crippen LogP contribution in [0.15, 0.2) is 207 Å². The van der Waals surface area contributed by atoms with E-state index < -0.39 is 39.9 Å². The number of aryl methyl sites for hydroxylation is 2. The highest BCUT2D eigenvalue weighted by Gasteiger charge is 2.38. The van der Waals surface area contributed by atoms with Crippen LogP contribution in [0.1, 0.15) is 136 Å². The molecule has 5 aliphatic rings. The number of nitrogens with zero attached hydrogens (tertiary/aromatic N) is 15. The largest absolute Gasteiger partial charge is 0.433 e. The number of rotatable bonds is 15. The molecule has 20 nitrogen and oxygen atoms in total. The first kappa shape index (κ1) is 92.1. The third-order valence-electron chi connectivity index (χ3n) is 26.6. The number of aliphatic hydroxyl groups is 5. The maximum atomic E-state index is 12.8. The zero-order valence-electron chi connectivity index (χ0n) is 75.5. The van der Waals surface area contributed by atoms with E-state index in [1.807, 2.05) is 119 Å². The van der Waals surface area contributed by atoms with Crippen molar-refractivity contribution in [3.05, 3.63) is 323 Å². The van der Waals surface area contributed by atoms with Gasteiger partial charge in [0.05, 0.1) is 32.7 Å². The van der Waals surface area contributed by atoms with E-state index in [9.17, 15) is 38.7 Å². The van der Waals surface area contributed by atoms with E-state index in [1.165, 1.54) is 100 Å². The highest BCUT2D eigenvalue weighted by atomic mass is 35.5. The number of pyridine rings is 5. The van der Waals surface area contributed by atoms with Crippen LogP contribution in [0, 0.1) is 13.8 Å². The van der Waals surface area contributed by atoms with Crippen molar-refractivity contribution < 1.29 is 38.7 Å². The van der Waals surface area contributed by atoms with Crippen molar-refractivity contribution in [2.24, 2.45) is 0 Å². The lowest BCUT2D eigenvalue weighted by Crippen LogP contribution is -2.31. The van der Waals surface area contributed by atoms with Gasteiger partial charge in [-0.05, 0) is 244 Å². The maximum absolute atomic E-state index is 12.8. The lowest BCUT2D eigenvalue weighted by Gasteiger charge is -2.29. The molecule has 0 saturated heterocycles. The molecule has 15 aromatic rings. The lowest BCUT2D eigenvalue weighted by molar-refractivity contribution is -0.141. The average molecular weight is 1810 g/mol. The Morgan fingerprint density at radius 3 is 0.829 bits per heavy atom. The molecule has 0 aliphatic carbocycles. The van der Waals surface area contributed by atoms with Crippen LogP contribution >= 0.6 is 34.8 Å². The molecule has 5 atom stereocenters. The van der Waals surface area contributed by atoms with Crippen LogP contribution in [-0.4, -0.2) is 166 Å². The first-order valence-corrected chi connectivity index (χ1v) is 45.3. The molecule has 0 spiro atoms. The molecule has 20 rings (SSSR count). The molecule has 0 fully saturated rings. The van der Waals surface area contributed by atoms with Crippen molar-refractivity contribution >= 4 is 89.3 Å². The summed E-state index contributed by atoms with van der Waals surface area (Å²) in [4.78, 5) is 31.6. The molecule has 15 heterocycles. The molecule has 5 N–H and O–H groups in total. The summed E-state index contributed by atoms with van der Waals surface area (Å²) in [5.74, 6) is 0. The Labute approximate surface area is 767 Å². The molecule has 0 bridgehead atoms. The van der Waals surface area contributed by atoms with Gasteiger partial charge in [-0.2, -0.15) is 13.2 Å². The van der Waals surface area contributed by atoms with Crippen LogP contribution in [0.5, 0.6) is 0 Å². The third-order valence-corrected chi connectivity index (χ3v) is 27.3. The molecular weight excluding hydrogens is 1690 g/mol.